The van der Waals surface area contributed by atoms with Crippen LogP contribution in [0.25, 0.3) is 0 Å². The highest BCUT2D eigenvalue weighted by atomic mass is 16.4. The van der Waals surface area contributed by atoms with E-state index in [-0.39, 0.29) is 6.03 Å². The molecule has 0 spiro atoms. The van der Waals surface area contributed by atoms with Crippen LogP contribution in [0.1, 0.15) is 24.8 Å². The molecule has 1 aromatic carbocycles. The Morgan fingerprint density at radius 2 is 2.19 bits per heavy atom. The van der Waals surface area contributed by atoms with E-state index in [9.17, 15) is 14.7 Å². The molecule has 1 aliphatic rings. The quantitative estimate of drug-likeness (QED) is 0.791. The lowest BCUT2D eigenvalue weighted by atomic mass is 10.0. The summed E-state index contributed by atoms with van der Waals surface area (Å²) in [6.07, 6.45) is 2.21. The van der Waals surface area contributed by atoms with Gasteiger partial charge in [-0.05, 0) is 44.0 Å². The number of aliphatic carboxylic acids is 1. The summed E-state index contributed by atoms with van der Waals surface area (Å²) in [5.74, 6) is -0.936. The molecule has 2 amide bonds. The van der Waals surface area contributed by atoms with Crippen molar-refractivity contribution >= 4 is 17.7 Å². The average molecular weight is 291 g/mol. The van der Waals surface area contributed by atoms with Gasteiger partial charge in [0.25, 0.3) is 0 Å². The van der Waals surface area contributed by atoms with Gasteiger partial charge in [0, 0.05) is 18.8 Å². The van der Waals surface area contributed by atoms with Crippen molar-refractivity contribution in [1.82, 2.24) is 10.2 Å². The van der Waals surface area contributed by atoms with Crippen LogP contribution < -0.4 is 10.6 Å². The minimum Gasteiger partial charge on any atom is -0.480 e. The number of hydrogen-bond acceptors (Lipinski definition) is 3. The Hall–Kier alpha value is -2.08. The van der Waals surface area contributed by atoms with Crippen molar-refractivity contribution in [2.24, 2.45) is 0 Å². The van der Waals surface area contributed by atoms with Gasteiger partial charge in [-0.25, -0.2) is 9.59 Å². The smallest absolute Gasteiger partial charge is 0.326 e. The zero-order valence-corrected chi connectivity index (χ0v) is 12.1. The maximum absolute atomic E-state index is 12.3. The van der Waals surface area contributed by atoms with Gasteiger partial charge in [-0.3, -0.25) is 0 Å². The first kappa shape index (κ1) is 15.3. The van der Waals surface area contributed by atoms with Crippen LogP contribution in [0, 0.1) is 0 Å². The summed E-state index contributed by atoms with van der Waals surface area (Å²) in [5.41, 5.74) is 1.74. The van der Waals surface area contributed by atoms with Crippen molar-refractivity contribution < 1.29 is 14.7 Å². The zero-order chi connectivity index (χ0) is 15.2. The molecule has 114 valence electrons. The molecule has 0 bridgehead atoms. The van der Waals surface area contributed by atoms with Gasteiger partial charge in [0.2, 0.25) is 0 Å². The molecule has 0 aromatic heterocycles. The molecule has 6 heteroatoms. The van der Waals surface area contributed by atoms with Crippen LogP contribution in [0.3, 0.4) is 0 Å². The summed E-state index contributed by atoms with van der Waals surface area (Å²) in [5, 5.41) is 15.0. The third kappa shape index (κ3) is 3.95. The van der Waals surface area contributed by atoms with Crippen LogP contribution >= 0.6 is 0 Å². The number of nitrogens with one attached hydrogen (secondary N) is 2. The minimum atomic E-state index is -0.936. The van der Waals surface area contributed by atoms with Crippen LogP contribution in [0.15, 0.2) is 24.3 Å². The number of carbonyl (C=O) groups excluding carboxylic acids is 1. The number of amides is 2. The molecule has 1 unspecified atom stereocenters. The minimum absolute atomic E-state index is 0.344. The Bertz CT molecular complexity index is 519. The van der Waals surface area contributed by atoms with Crippen molar-refractivity contribution in [3.8, 4) is 0 Å². The van der Waals surface area contributed by atoms with E-state index >= 15 is 0 Å². The van der Waals surface area contributed by atoms with Crippen LogP contribution in [-0.4, -0.2) is 41.6 Å². The molecular formula is C15H21N3O3. The van der Waals surface area contributed by atoms with Crippen molar-refractivity contribution in [3.05, 3.63) is 29.8 Å². The lowest BCUT2D eigenvalue weighted by Gasteiger charge is -2.32. The van der Waals surface area contributed by atoms with E-state index in [0.717, 1.165) is 18.4 Å². The van der Waals surface area contributed by atoms with Gasteiger partial charge < -0.3 is 20.6 Å². The summed E-state index contributed by atoms with van der Waals surface area (Å²) in [6.45, 7) is 1.20. The Labute approximate surface area is 124 Å². The molecule has 1 aromatic rings. The highest BCUT2D eigenvalue weighted by molar-refractivity contribution is 5.92. The Morgan fingerprint density at radius 1 is 1.38 bits per heavy atom. The number of hydrogen-bond donors (Lipinski definition) is 3. The second-order valence-corrected chi connectivity index (χ2v) is 5.20. The topological polar surface area (TPSA) is 81.7 Å². The molecule has 1 saturated heterocycles. The van der Waals surface area contributed by atoms with Gasteiger partial charge in [-0.1, -0.05) is 12.1 Å². The molecule has 1 aliphatic heterocycles. The van der Waals surface area contributed by atoms with E-state index in [1.54, 1.807) is 6.07 Å². The van der Waals surface area contributed by atoms with E-state index in [2.05, 4.69) is 10.6 Å². The Balaban J connectivity index is 2.05. The standard InChI is InChI=1S/C15H21N3O3/c1-16-10-11-5-4-6-12(9-11)17-15(21)18-8-3-2-7-13(18)14(19)20/h4-6,9,13,16H,2-3,7-8,10H2,1H3,(H,17,21)(H,19,20). The van der Waals surface area contributed by atoms with E-state index < -0.39 is 12.0 Å². The molecule has 21 heavy (non-hydrogen) atoms. The van der Waals surface area contributed by atoms with E-state index in [0.29, 0.717) is 25.2 Å². The van der Waals surface area contributed by atoms with Gasteiger partial charge in [-0.2, -0.15) is 0 Å². The number of rotatable bonds is 4. The maximum Gasteiger partial charge on any atom is 0.326 e. The van der Waals surface area contributed by atoms with Gasteiger partial charge in [0.15, 0.2) is 0 Å². The molecule has 2 rings (SSSR count). The maximum atomic E-state index is 12.3. The molecular weight excluding hydrogens is 270 g/mol. The number of likely N-dealkylation sites (tertiary alicyclic amines) is 1. The molecule has 1 heterocycles. The second-order valence-electron chi connectivity index (χ2n) is 5.20. The largest absolute Gasteiger partial charge is 0.480 e. The number of piperidine rings is 1. The first-order valence-electron chi connectivity index (χ1n) is 7.16. The van der Waals surface area contributed by atoms with E-state index in [4.69, 9.17) is 0 Å². The van der Waals surface area contributed by atoms with Crippen LogP contribution in [0.5, 0.6) is 0 Å². The van der Waals surface area contributed by atoms with Gasteiger partial charge in [0.1, 0.15) is 6.04 Å². The van der Waals surface area contributed by atoms with Crippen LogP contribution in [-0.2, 0) is 11.3 Å². The van der Waals surface area contributed by atoms with Crippen LogP contribution in [0.4, 0.5) is 10.5 Å². The molecule has 1 fully saturated rings. The molecule has 3 N–H and O–H groups in total. The fraction of sp³-hybridized carbons (Fsp3) is 0.467. The number of urea groups is 1. The summed E-state index contributed by atoms with van der Waals surface area (Å²) in [7, 11) is 1.86. The third-order valence-electron chi connectivity index (χ3n) is 3.61. The van der Waals surface area contributed by atoms with E-state index in [1.165, 1.54) is 4.90 Å². The summed E-state index contributed by atoms with van der Waals surface area (Å²) in [6, 6.07) is 6.45. The fourth-order valence-electron chi connectivity index (χ4n) is 2.59. The predicted octanol–water partition coefficient (Wildman–Crippen LogP) is 1.88. The van der Waals surface area contributed by atoms with E-state index in [1.807, 2.05) is 25.2 Å². The highest BCUT2D eigenvalue weighted by Crippen LogP contribution is 2.19. The number of carbonyl (C=O) groups is 2. The van der Waals surface area contributed by atoms with Gasteiger partial charge in [0.05, 0.1) is 0 Å². The second kappa shape index (κ2) is 7.08. The number of benzene rings is 1. The molecule has 0 saturated carbocycles. The lowest BCUT2D eigenvalue weighted by Crippen LogP contribution is -2.49. The first-order valence-corrected chi connectivity index (χ1v) is 7.16. The number of nitrogens with zero attached hydrogens (tertiary/aromatic N) is 1. The average Bonchev–Trinajstić information content (AvgIpc) is 2.48. The predicted molar refractivity (Wildman–Crippen MR) is 80.2 cm³/mol. The van der Waals surface area contributed by atoms with Crippen molar-refractivity contribution in [3.63, 3.8) is 0 Å². The molecule has 0 aliphatic carbocycles. The number of carboxylic acids is 1. The molecule has 1 atom stereocenters. The van der Waals surface area contributed by atoms with Gasteiger partial charge in [-0.15, -0.1) is 0 Å². The van der Waals surface area contributed by atoms with Crippen molar-refractivity contribution in [1.29, 1.82) is 0 Å². The monoisotopic (exact) mass is 291 g/mol. The Kier molecular flexibility index (Phi) is 5.16. The summed E-state index contributed by atoms with van der Waals surface area (Å²) >= 11 is 0. The lowest BCUT2D eigenvalue weighted by molar-refractivity contribution is -0.143. The SMILES string of the molecule is CNCc1cccc(NC(=O)N2CCCCC2C(=O)O)c1. The molecule has 6 nitrogen and oxygen atoms in total. The Morgan fingerprint density at radius 3 is 2.90 bits per heavy atom. The van der Waals surface area contributed by atoms with Crippen molar-refractivity contribution in [2.75, 3.05) is 18.9 Å². The normalized spacial score (nSPS) is 18.3. The number of anilines is 1. The van der Waals surface area contributed by atoms with Gasteiger partial charge >= 0.3 is 12.0 Å². The highest BCUT2D eigenvalue weighted by Gasteiger charge is 2.31. The fourth-order valence-corrected chi connectivity index (χ4v) is 2.59. The summed E-state index contributed by atoms with van der Waals surface area (Å²) < 4.78 is 0. The van der Waals surface area contributed by atoms with Crippen molar-refractivity contribution in [2.45, 2.75) is 31.8 Å². The molecule has 0 radical (unpaired) electrons. The zero-order valence-electron chi connectivity index (χ0n) is 12.1. The third-order valence-corrected chi connectivity index (χ3v) is 3.61. The number of carboxylic acid groups (broad SMARTS) is 1. The summed E-state index contributed by atoms with van der Waals surface area (Å²) in [4.78, 5) is 24.9. The van der Waals surface area contributed by atoms with Crippen LogP contribution in [0.2, 0.25) is 0 Å². The first-order chi connectivity index (χ1) is 10.1.